The Kier molecular flexibility index (Phi) is 9.69. The van der Waals surface area contributed by atoms with E-state index in [0.29, 0.717) is 57.0 Å². The molecule has 0 spiro atoms. The molecular weight excluding hydrogens is 719 g/mol. The van der Waals surface area contributed by atoms with Crippen LogP contribution < -0.4 is 10.6 Å². The van der Waals surface area contributed by atoms with Crippen LogP contribution in [0.3, 0.4) is 0 Å². The van der Waals surface area contributed by atoms with E-state index in [0.717, 1.165) is 11.3 Å². The van der Waals surface area contributed by atoms with Crippen molar-refractivity contribution in [3.05, 3.63) is 122 Å². The molecule has 6 rings (SSSR count). The highest BCUT2D eigenvalue weighted by Crippen LogP contribution is 2.37. The van der Waals surface area contributed by atoms with Gasteiger partial charge >= 0.3 is 17.9 Å². The van der Waals surface area contributed by atoms with Crippen LogP contribution in [0.25, 0.3) is 17.2 Å². The molecule has 0 aliphatic carbocycles. The molecule has 3 heterocycles. The first-order valence-electron chi connectivity index (χ1n) is 16.6. The van der Waals surface area contributed by atoms with Gasteiger partial charge in [-0.2, -0.15) is 5.10 Å². The van der Waals surface area contributed by atoms with Crippen molar-refractivity contribution in [3.8, 4) is 17.2 Å². The van der Waals surface area contributed by atoms with Gasteiger partial charge in [-0.25, -0.2) is 23.5 Å². The standard InChI is InChI=1S/C38H40BrFN6O5/c1-23-19-28(20-24(2)33(23)40)46-34(32-25(3)43(16-15-30(32)41-46)37(49)51-38(4,5)6)45-18-17-44(35(45)47)27-13-14-29(39)31(21-27)42(7)36(48)50-22-26-11-9-8-10-12-26/h8-14,17-21,25H,15-16,22H2,1-7H3/t25-/m0/s1. The van der Waals surface area contributed by atoms with Gasteiger partial charge in [0, 0.05) is 42.4 Å². The number of halogens is 2. The first kappa shape index (κ1) is 35.6. The normalized spacial score (nSPS) is 14.3. The summed E-state index contributed by atoms with van der Waals surface area (Å²) in [6.45, 7) is 11.2. The predicted molar refractivity (Wildman–Crippen MR) is 196 cm³/mol. The second-order valence-corrected chi connectivity index (χ2v) is 14.5. The van der Waals surface area contributed by atoms with E-state index in [1.54, 1.807) is 73.2 Å². The van der Waals surface area contributed by atoms with Crippen LogP contribution in [0.4, 0.5) is 19.7 Å². The second kappa shape index (κ2) is 13.9. The zero-order valence-corrected chi connectivity index (χ0v) is 31.2. The maximum atomic E-state index is 14.8. The minimum absolute atomic E-state index is 0.110. The monoisotopic (exact) mass is 758 g/mol. The fourth-order valence-corrected chi connectivity index (χ4v) is 6.75. The zero-order valence-electron chi connectivity index (χ0n) is 29.6. The van der Waals surface area contributed by atoms with Gasteiger partial charge in [0.15, 0.2) is 0 Å². The Morgan fingerprint density at radius 1 is 1.00 bits per heavy atom. The summed E-state index contributed by atoms with van der Waals surface area (Å²) in [7, 11) is 1.60. The number of rotatable bonds is 6. The van der Waals surface area contributed by atoms with E-state index < -0.39 is 29.5 Å². The van der Waals surface area contributed by atoms with E-state index in [9.17, 15) is 18.8 Å². The summed E-state index contributed by atoms with van der Waals surface area (Å²) >= 11 is 3.54. The fraction of sp³-hybridized carbons (Fsp3) is 0.316. The third kappa shape index (κ3) is 7.07. The Morgan fingerprint density at radius 2 is 1.67 bits per heavy atom. The topological polar surface area (TPSA) is 104 Å². The van der Waals surface area contributed by atoms with Crippen molar-refractivity contribution < 1.29 is 23.5 Å². The van der Waals surface area contributed by atoms with Gasteiger partial charge in [-0.3, -0.25) is 14.0 Å². The van der Waals surface area contributed by atoms with Crippen LogP contribution in [0.1, 0.15) is 61.7 Å². The van der Waals surface area contributed by atoms with E-state index in [-0.39, 0.29) is 12.4 Å². The molecule has 0 saturated carbocycles. The molecule has 0 fully saturated rings. The molecular formula is C38H40BrFN6O5. The smallest absolute Gasteiger partial charge is 0.414 e. The van der Waals surface area contributed by atoms with Crippen LogP contribution in [0.2, 0.25) is 0 Å². The maximum absolute atomic E-state index is 14.8. The highest BCUT2D eigenvalue weighted by Gasteiger charge is 2.37. The van der Waals surface area contributed by atoms with Crippen molar-refractivity contribution in [3.63, 3.8) is 0 Å². The molecule has 51 heavy (non-hydrogen) atoms. The predicted octanol–water partition coefficient (Wildman–Crippen LogP) is 7.96. The fourth-order valence-electron chi connectivity index (χ4n) is 6.24. The van der Waals surface area contributed by atoms with Gasteiger partial charge in [-0.1, -0.05) is 30.3 Å². The molecule has 1 aliphatic rings. The third-order valence-electron chi connectivity index (χ3n) is 8.80. The molecule has 2 amide bonds. The van der Waals surface area contributed by atoms with Gasteiger partial charge in [-0.05, 0) is 104 Å². The lowest BCUT2D eigenvalue weighted by Crippen LogP contribution is -2.42. The quantitative estimate of drug-likeness (QED) is 0.174. The summed E-state index contributed by atoms with van der Waals surface area (Å²) in [6, 6.07) is 17.5. The Balaban J connectivity index is 1.42. The van der Waals surface area contributed by atoms with Crippen molar-refractivity contribution in [2.45, 2.75) is 66.2 Å². The number of carbonyl (C=O) groups is 2. The summed E-state index contributed by atoms with van der Waals surface area (Å²) in [5.74, 6) is 0.115. The van der Waals surface area contributed by atoms with Crippen molar-refractivity contribution in [1.29, 1.82) is 0 Å². The second-order valence-electron chi connectivity index (χ2n) is 13.6. The molecule has 13 heteroatoms. The first-order chi connectivity index (χ1) is 24.1. The maximum Gasteiger partial charge on any atom is 0.414 e. The molecule has 1 atom stereocenters. The molecule has 266 valence electrons. The number of ether oxygens (including phenoxy) is 2. The van der Waals surface area contributed by atoms with Crippen molar-refractivity contribution in [2.75, 3.05) is 18.5 Å². The van der Waals surface area contributed by atoms with Gasteiger partial charge < -0.3 is 14.4 Å². The van der Waals surface area contributed by atoms with E-state index in [2.05, 4.69) is 15.9 Å². The number of imidazole rings is 1. The highest BCUT2D eigenvalue weighted by molar-refractivity contribution is 9.10. The number of nitrogens with zero attached hydrogens (tertiary/aromatic N) is 6. The van der Waals surface area contributed by atoms with Crippen LogP contribution >= 0.6 is 15.9 Å². The molecule has 1 aliphatic heterocycles. The SMILES string of the molecule is Cc1cc(-n2nc3c(c2-n2ccn(-c4ccc(Br)c(N(C)C(=O)OCc5ccccc5)c4)c2=O)[C@H](C)N(C(=O)OC(C)(C)C)CC3)cc(C)c1F. The van der Waals surface area contributed by atoms with Crippen LogP contribution in [0.5, 0.6) is 0 Å². The van der Waals surface area contributed by atoms with Gasteiger partial charge in [0.25, 0.3) is 0 Å². The Morgan fingerprint density at radius 3 is 2.33 bits per heavy atom. The molecule has 5 aromatic rings. The van der Waals surface area contributed by atoms with E-state index in [1.807, 2.05) is 58.0 Å². The summed E-state index contributed by atoms with van der Waals surface area (Å²) in [5, 5.41) is 4.94. The molecule has 0 unspecified atom stereocenters. The summed E-state index contributed by atoms with van der Waals surface area (Å²) in [5.41, 5.74) is 3.59. The molecule has 0 N–H and O–H groups in total. The average molecular weight is 760 g/mol. The lowest BCUT2D eigenvalue weighted by molar-refractivity contribution is 0.0159. The van der Waals surface area contributed by atoms with Gasteiger partial charge in [-0.15, -0.1) is 0 Å². The van der Waals surface area contributed by atoms with E-state index in [4.69, 9.17) is 14.6 Å². The van der Waals surface area contributed by atoms with Crippen molar-refractivity contribution >= 4 is 33.8 Å². The number of carbonyl (C=O) groups excluding carboxylic acids is 2. The van der Waals surface area contributed by atoms with Crippen molar-refractivity contribution in [1.82, 2.24) is 23.8 Å². The number of hydrogen-bond acceptors (Lipinski definition) is 6. The zero-order chi connectivity index (χ0) is 36.8. The Hall–Kier alpha value is -5.17. The average Bonchev–Trinajstić information content (AvgIpc) is 3.66. The largest absolute Gasteiger partial charge is 0.444 e. The first-order valence-corrected chi connectivity index (χ1v) is 17.4. The third-order valence-corrected chi connectivity index (χ3v) is 9.47. The number of fused-ring (bicyclic) bond motifs is 1. The minimum Gasteiger partial charge on any atom is -0.444 e. The van der Waals surface area contributed by atoms with Crippen LogP contribution in [-0.2, 0) is 22.5 Å². The number of aryl methyl sites for hydroxylation is 2. The van der Waals surface area contributed by atoms with Gasteiger partial charge in [0.05, 0.1) is 28.8 Å². The van der Waals surface area contributed by atoms with Gasteiger partial charge in [0.2, 0.25) is 0 Å². The summed E-state index contributed by atoms with van der Waals surface area (Å²) in [6.07, 6.45) is 2.67. The lowest BCUT2D eigenvalue weighted by atomic mass is 10.00. The molecule has 0 bridgehead atoms. The molecule has 3 aromatic carbocycles. The van der Waals surface area contributed by atoms with E-state index in [1.165, 1.54) is 14.0 Å². The van der Waals surface area contributed by atoms with Crippen LogP contribution in [0, 0.1) is 19.7 Å². The van der Waals surface area contributed by atoms with Gasteiger partial charge in [0.1, 0.15) is 23.8 Å². The summed E-state index contributed by atoms with van der Waals surface area (Å²) in [4.78, 5) is 43.8. The summed E-state index contributed by atoms with van der Waals surface area (Å²) < 4.78 is 31.3. The Bertz CT molecular complexity index is 2160. The highest BCUT2D eigenvalue weighted by atomic mass is 79.9. The number of amides is 2. The number of hydrogen-bond donors (Lipinski definition) is 0. The van der Waals surface area contributed by atoms with Crippen LogP contribution in [-0.4, -0.2) is 55.2 Å². The molecule has 11 nitrogen and oxygen atoms in total. The lowest BCUT2D eigenvalue weighted by Gasteiger charge is -2.34. The Labute approximate surface area is 303 Å². The minimum atomic E-state index is -0.697. The van der Waals surface area contributed by atoms with E-state index >= 15 is 0 Å². The van der Waals surface area contributed by atoms with Crippen LogP contribution in [0.15, 0.2) is 82.3 Å². The molecule has 0 saturated heterocycles. The molecule has 0 radical (unpaired) electrons. The number of aromatic nitrogens is 4. The molecule has 2 aromatic heterocycles. The number of benzene rings is 3. The number of anilines is 1. The van der Waals surface area contributed by atoms with Crippen molar-refractivity contribution in [2.24, 2.45) is 0 Å².